The van der Waals surface area contributed by atoms with Crippen molar-refractivity contribution in [1.82, 2.24) is 5.32 Å². The highest BCUT2D eigenvalue weighted by Gasteiger charge is 2.84. The van der Waals surface area contributed by atoms with Gasteiger partial charge in [0.1, 0.15) is 13.2 Å². The molecule has 0 bridgehead atoms. The molecule has 9 nitrogen and oxygen atoms in total. The van der Waals surface area contributed by atoms with Crippen LogP contribution in [0.5, 0.6) is 11.5 Å². The van der Waals surface area contributed by atoms with Crippen molar-refractivity contribution < 1.29 is 59.6 Å². The zero-order valence-corrected chi connectivity index (χ0v) is 34.0. The number of benzene rings is 2. The van der Waals surface area contributed by atoms with Gasteiger partial charge < -0.3 is 39.5 Å². The van der Waals surface area contributed by atoms with E-state index in [0.717, 1.165) is 0 Å². The van der Waals surface area contributed by atoms with Crippen molar-refractivity contribution in [3.8, 4) is 11.5 Å². The van der Waals surface area contributed by atoms with Crippen molar-refractivity contribution in [1.29, 1.82) is 0 Å². The van der Waals surface area contributed by atoms with Crippen LogP contribution in [-0.4, -0.2) is 99.4 Å². The van der Waals surface area contributed by atoms with E-state index in [2.05, 4.69) is 5.32 Å². The number of rotatable bonds is 4. The lowest BCUT2D eigenvalue weighted by molar-refractivity contribution is -0.258. The number of fused-ring (bicyclic) bond motifs is 5. The predicted octanol–water partition coefficient (Wildman–Crippen LogP) is 8.39. The normalized spacial score (nSPS) is 27.5. The second-order valence-electron chi connectivity index (χ2n) is 14.6. The first kappa shape index (κ1) is 42.5. The molecule has 314 valence electrons. The summed E-state index contributed by atoms with van der Waals surface area (Å²) in [6.45, 7) is 9.50. The van der Waals surface area contributed by atoms with Crippen LogP contribution < -0.4 is 20.5 Å². The molecular formula is C41H44F6N2O7S2. The van der Waals surface area contributed by atoms with Gasteiger partial charge in [0.2, 0.25) is 0 Å². The molecule has 7 rings (SSSR count). The van der Waals surface area contributed by atoms with Crippen molar-refractivity contribution in [2.45, 2.75) is 61.5 Å². The number of carbonyl (C=O) groups is 1. The molecule has 58 heavy (non-hydrogen) atoms. The molecule has 1 saturated carbocycles. The second kappa shape index (κ2) is 16.1. The highest BCUT2D eigenvalue weighted by Crippen LogP contribution is 2.77. The molecule has 1 fully saturated rings. The van der Waals surface area contributed by atoms with Gasteiger partial charge >= 0.3 is 23.8 Å². The lowest BCUT2D eigenvalue weighted by atomic mass is 9.68. The number of amides is 2. The van der Waals surface area contributed by atoms with Crippen molar-refractivity contribution in [3.63, 3.8) is 0 Å². The Bertz CT molecular complexity index is 2090. The van der Waals surface area contributed by atoms with E-state index in [1.807, 2.05) is 0 Å². The Kier molecular flexibility index (Phi) is 11.8. The van der Waals surface area contributed by atoms with E-state index >= 15 is 26.3 Å². The van der Waals surface area contributed by atoms with Crippen LogP contribution in [0, 0.1) is 0 Å². The van der Waals surface area contributed by atoms with E-state index < -0.39 is 44.4 Å². The minimum Gasteiger partial charge on any atom is -0.487 e. The first-order valence-corrected chi connectivity index (χ1v) is 20.4. The van der Waals surface area contributed by atoms with Crippen LogP contribution in [0.1, 0.15) is 44.4 Å². The summed E-state index contributed by atoms with van der Waals surface area (Å²) in [6.07, 6.45) is 0. The molecule has 3 heterocycles. The molecule has 0 aromatic heterocycles. The number of urea groups is 1. The summed E-state index contributed by atoms with van der Waals surface area (Å²) in [5, 5.41) is 2.49. The first-order valence-electron chi connectivity index (χ1n) is 18.8. The Morgan fingerprint density at radius 1 is 0.621 bits per heavy atom. The number of nitrogens with two attached hydrogens (primary N) is 1. The summed E-state index contributed by atoms with van der Waals surface area (Å²) < 4.78 is 128. The van der Waals surface area contributed by atoms with E-state index in [9.17, 15) is 4.79 Å². The number of allylic oxidation sites excluding steroid dienone is 4. The molecular weight excluding hydrogens is 811 g/mol. The van der Waals surface area contributed by atoms with Gasteiger partial charge in [0.05, 0.1) is 62.3 Å². The summed E-state index contributed by atoms with van der Waals surface area (Å²) >= 11 is 2.37. The molecule has 3 N–H and O–H groups in total. The maximum absolute atomic E-state index is 16.3. The van der Waals surface area contributed by atoms with Gasteiger partial charge in [0, 0.05) is 27.5 Å². The Morgan fingerprint density at radius 2 is 1.03 bits per heavy atom. The van der Waals surface area contributed by atoms with Crippen LogP contribution in [0.3, 0.4) is 0 Å². The van der Waals surface area contributed by atoms with E-state index in [0.29, 0.717) is 77.6 Å². The summed E-state index contributed by atoms with van der Waals surface area (Å²) in [7, 11) is 0. The summed E-state index contributed by atoms with van der Waals surface area (Å²) in [6, 6.07) is 11.2. The van der Waals surface area contributed by atoms with Crippen molar-refractivity contribution in [2.24, 2.45) is 5.73 Å². The molecule has 0 radical (unpaired) electrons. The average Bonchev–Trinajstić information content (AvgIpc) is 3.65. The van der Waals surface area contributed by atoms with Gasteiger partial charge in [-0.2, -0.15) is 26.3 Å². The molecule has 2 atom stereocenters. The van der Waals surface area contributed by atoms with Crippen molar-refractivity contribution >= 4 is 39.4 Å². The number of hydrogen-bond acceptors (Lipinski definition) is 9. The molecule has 2 amide bonds. The number of primary amides is 1. The quantitative estimate of drug-likeness (QED) is 0.293. The smallest absolute Gasteiger partial charge is 0.380 e. The minimum absolute atomic E-state index is 0.121. The van der Waals surface area contributed by atoms with Crippen LogP contribution in [0.2, 0.25) is 0 Å². The maximum atomic E-state index is 16.3. The van der Waals surface area contributed by atoms with Crippen LogP contribution in [0.25, 0.3) is 9.81 Å². The lowest BCUT2D eigenvalue weighted by Crippen LogP contribution is -2.49. The van der Waals surface area contributed by atoms with E-state index in [1.165, 1.54) is 37.4 Å². The number of halogens is 6. The SMILES string of the molecule is CC1=C(c2ccc(CNC(N)=O)cc2)SC2(C)C1=C1C(=C3C(C)=C(c4ccc5c(c4)OCCOCCOCCOCCOCCO5)SC32C)C(F)(F)C(F)(F)C1(F)F. The highest BCUT2D eigenvalue weighted by atomic mass is 32.2. The van der Waals surface area contributed by atoms with Gasteiger partial charge in [-0.1, -0.05) is 24.3 Å². The Hall–Kier alpha value is -3.61. The van der Waals surface area contributed by atoms with Crippen LogP contribution in [0.15, 0.2) is 75.9 Å². The Balaban J connectivity index is 1.30. The monoisotopic (exact) mass is 854 g/mol. The third-order valence-electron chi connectivity index (χ3n) is 11.0. The van der Waals surface area contributed by atoms with E-state index in [-0.39, 0.29) is 55.3 Å². The molecule has 2 aliphatic carbocycles. The van der Waals surface area contributed by atoms with Crippen LogP contribution >= 0.6 is 23.5 Å². The van der Waals surface area contributed by atoms with E-state index in [1.54, 1.807) is 56.3 Å². The summed E-state index contributed by atoms with van der Waals surface area (Å²) in [5.74, 6) is -15.4. The molecule has 2 aromatic rings. The lowest BCUT2D eigenvalue weighted by Gasteiger charge is -2.48. The third-order valence-corrected chi connectivity index (χ3v) is 14.7. The van der Waals surface area contributed by atoms with Crippen molar-refractivity contribution in [2.75, 3.05) is 66.1 Å². The minimum atomic E-state index is -5.70. The van der Waals surface area contributed by atoms with Crippen LogP contribution in [0.4, 0.5) is 31.1 Å². The Morgan fingerprint density at radius 3 is 1.50 bits per heavy atom. The standard InChI is InChI=1S/C41H44F6N2O7S2/c1-23-30-32-33(40(44,45)41(46,47)39(32,42)43)31-24(2)35(58-38(31,4)37(30,3)57-34(23)26-7-5-25(6-8-26)22-49-36(48)50)27-9-10-28-29(21-27)56-20-18-54-16-14-52-12-11-51-13-15-53-17-19-55-28/h5-10,21H,11-20,22H2,1-4H3,(H3,48,49,50). The van der Waals surface area contributed by atoms with Gasteiger partial charge in [-0.15, -0.1) is 23.5 Å². The number of ether oxygens (including phenoxy) is 6. The molecule has 0 spiro atoms. The van der Waals surface area contributed by atoms with Gasteiger partial charge in [-0.25, -0.2) is 4.79 Å². The van der Waals surface area contributed by atoms with Gasteiger partial charge in [-0.05, 0) is 84.9 Å². The van der Waals surface area contributed by atoms with Gasteiger partial charge in [-0.3, -0.25) is 0 Å². The fourth-order valence-electron chi connectivity index (χ4n) is 8.10. The molecule has 5 aliphatic rings. The van der Waals surface area contributed by atoms with Gasteiger partial charge in [0.25, 0.3) is 0 Å². The zero-order valence-electron chi connectivity index (χ0n) is 32.3. The zero-order chi connectivity index (χ0) is 41.7. The number of nitrogens with one attached hydrogen (secondary N) is 1. The number of alkyl halides is 6. The summed E-state index contributed by atoms with van der Waals surface area (Å²) in [5.41, 5.74) is 4.25. The largest absolute Gasteiger partial charge is 0.487 e. The average molecular weight is 855 g/mol. The molecule has 2 unspecified atom stereocenters. The maximum Gasteiger partial charge on any atom is 0.380 e. The highest BCUT2D eigenvalue weighted by molar-refractivity contribution is 8.14. The Labute approximate surface area is 340 Å². The molecule has 2 aromatic carbocycles. The van der Waals surface area contributed by atoms with Crippen LogP contribution in [-0.2, 0) is 25.5 Å². The van der Waals surface area contributed by atoms with E-state index in [4.69, 9.17) is 34.2 Å². The second-order valence-corrected chi connectivity index (χ2v) is 17.5. The number of thioether (sulfide) groups is 2. The molecule has 3 aliphatic heterocycles. The number of carbonyl (C=O) groups excluding carboxylic acids is 1. The fraction of sp³-hybridized carbons (Fsp3) is 0.488. The predicted molar refractivity (Wildman–Crippen MR) is 210 cm³/mol. The first-order chi connectivity index (χ1) is 27.5. The summed E-state index contributed by atoms with van der Waals surface area (Å²) in [4.78, 5) is 12.2. The fourth-order valence-corrected chi connectivity index (χ4v) is 11.5. The van der Waals surface area contributed by atoms with Gasteiger partial charge in [0.15, 0.2) is 11.5 Å². The topological polar surface area (TPSA) is 111 Å². The molecule has 17 heteroatoms. The van der Waals surface area contributed by atoms with Crippen molar-refractivity contribution in [3.05, 3.63) is 92.6 Å². The third kappa shape index (κ3) is 7.02. The number of hydrogen-bond donors (Lipinski definition) is 2. The molecule has 0 saturated heterocycles.